The van der Waals surface area contributed by atoms with Crippen LogP contribution < -0.4 is 14.4 Å². The molecule has 38 heavy (non-hydrogen) atoms. The summed E-state index contributed by atoms with van der Waals surface area (Å²) in [5, 5.41) is 3.37. The van der Waals surface area contributed by atoms with Crippen molar-refractivity contribution in [1.29, 1.82) is 0 Å². The lowest BCUT2D eigenvalue weighted by Crippen LogP contribution is -2.51. The molecule has 0 aliphatic heterocycles. The molecule has 0 saturated carbocycles. The van der Waals surface area contributed by atoms with Gasteiger partial charge >= 0.3 is 0 Å². The number of anilines is 1. The summed E-state index contributed by atoms with van der Waals surface area (Å²) >= 11 is 12.2. The van der Waals surface area contributed by atoms with E-state index in [2.05, 4.69) is 5.32 Å². The number of nitrogens with zero attached hydrogens (tertiary/aromatic N) is 2. The quantitative estimate of drug-likeness (QED) is 0.354. The number of likely N-dealkylation sites (N-methyl/N-ethyl adjacent to an activating group) is 1. The van der Waals surface area contributed by atoms with Gasteiger partial charge in [-0.25, -0.2) is 8.42 Å². The van der Waals surface area contributed by atoms with E-state index in [0.717, 1.165) is 4.31 Å². The molecule has 8 nitrogen and oxygen atoms in total. The Balaban J connectivity index is 2.01. The summed E-state index contributed by atoms with van der Waals surface area (Å²) < 4.78 is 33.7. The number of halogens is 2. The number of carbonyl (C=O) groups is 2. The molecule has 2 amide bonds. The van der Waals surface area contributed by atoms with Gasteiger partial charge in [-0.15, -0.1) is 0 Å². The highest BCUT2D eigenvalue weighted by Crippen LogP contribution is 2.27. The van der Waals surface area contributed by atoms with Crippen molar-refractivity contribution in [2.45, 2.75) is 31.3 Å². The third-order valence-corrected chi connectivity index (χ3v) is 8.35. The first-order chi connectivity index (χ1) is 18.1. The van der Waals surface area contributed by atoms with Crippen molar-refractivity contribution in [3.05, 3.63) is 88.4 Å². The molecule has 3 rings (SSSR count). The molecule has 1 unspecified atom stereocenters. The monoisotopic (exact) mass is 577 g/mol. The summed E-state index contributed by atoms with van der Waals surface area (Å²) in [6, 6.07) is 18.2. The number of carbonyl (C=O) groups excluding carboxylic acids is 2. The zero-order valence-electron chi connectivity index (χ0n) is 21.2. The lowest BCUT2D eigenvalue weighted by molar-refractivity contribution is -0.139. The Morgan fingerprint density at radius 2 is 1.63 bits per heavy atom. The van der Waals surface area contributed by atoms with E-state index in [9.17, 15) is 18.0 Å². The van der Waals surface area contributed by atoms with Crippen LogP contribution in [0.15, 0.2) is 77.7 Å². The second-order valence-corrected chi connectivity index (χ2v) is 11.0. The van der Waals surface area contributed by atoms with Crippen molar-refractivity contribution in [2.24, 2.45) is 0 Å². The van der Waals surface area contributed by atoms with Crippen LogP contribution in [-0.4, -0.2) is 51.4 Å². The Labute approximate surface area is 233 Å². The van der Waals surface area contributed by atoms with Crippen molar-refractivity contribution in [2.75, 3.05) is 24.5 Å². The standard InChI is InChI=1S/C27H29Cl2N3O5S/c1-4-30-27(34)19(2)31(17-20-10-15-24(28)25(29)16-20)26(33)18-32(21-8-6-5-7-9-21)38(35,36)23-13-11-22(37-3)12-14-23/h5-16,19H,4,17-18H2,1-3H3,(H,30,34). The van der Waals surface area contributed by atoms with E-state index in [-0.39, 0.29) is 17.3 Å². The van der Waals surface area contributed by atoms with Crippen LogP contribution in [-0.2, 0) is 26.2 Å². The van der Waals surface area contributed by atoms with Gasteiger partial charge in [0.05, 0.1) is 27.7 Å². The molecule has 1 atom stereocenters. The highest BCUT2D eigenvalue weighted by atomic mass is 35.5. The number of nitrogens with one attached hydrogen (secondary N) is 1. The van der Waals surface area contributed by atoms with Gasteiger partial charge in [-0.3, -0.25) is 13.9 Å². The lowest BCUT2D eigenvalue weighted by Gasteiger charge is -2.32. The molecule has 202 valence electrons. The number of sulfonamides is 1. The minimum atomic E-state index is -4.16. The number of para-hydroxylation sites is 1. The maximum atomic E-state index is 13.8. The van der Waals surface area contributed by atoms with Gasteiger partial charge in [0.25, 0.3) is 10.0 Å². The number of amides is 2. The van der Waals surface area contributed by atoms with Crippen LogP contribution in [0.5, 0.6) is 5.75 Å². The van der Waals surface area contributed by atoms with Crippen molar-refractivity contribution in [3.8, 4) is 5.75 Å². The molecule has 1 N–H and O–H groups in total. The SMILES string of the molecule is CCNC(=O)C(C)N(Cc1ccc(Cl)c(Cl)c1)C(=O)CN(c1ccccc1)S(=O)(=O)c1ccc(OC)cc1. The molecule has 11 heteroatoms. The van der Waals surface area contributed by atoms with Gasteiger partial charge in [0.15, 0.2) is 0 Å². The predicted molar refractivity (Wildman–Crippen MR) is 149 cm³/mol. The zero-order chi connectivity index (χ0) is 27.9. The van der Waals surface area contributed by atoms with Crippen LogP contribution in [0.1, 0.15) is 19.4 Å². The normalized spacial score (nSPS) is 11.9. The van der Waals surface area contributed by atoms with Crippen molar-refractivity contribution < 1.29 is 22.7 Å². The van der Waals surface area contributed by atoms with Crippen LogP contribution >= 0.6 is 23.2 Å². The summed E-state index contributed by atoms with van der Waals surface area (Å²) in [5.74, 6) is -0.448. The second kappa shape index (κ2) is 13.0. The number of hydrogen-bond donors (Lipinski definition) is 1. The fourth-order valence-electron chi connectivity index (χ4n) is 3.74. The Hall–Kier alpha value is -3.27. The fourth-order valence-corrected chi connectivity index (χ4v) is 5.47. The van der Waals surface area contributed by atoms with Crippen molar-refractivity contribution in [3.63, 3.8) is 0 Å². The van der Waals surface area contributed by atoms with Gasteiger partial charge < -0.3 is 15.0 Å². The highest BCUT2D eigenvalue weighted by Gasteiger charge is 2.32. The van der Waals surface area contributed by atoms with Gasteiger partial charge in [-0.1, -0.05) is 47.5 Å². The minimum Gasteiger partial charge on any atom is -0.497 e. The summed E-state index contributed by atoms with van der Waals surface area (Å²) in [5.41, 5.74) is 0.935. The molecule has 0 spiro atoms. The molecule has 3 aromatic rings. The van der Waals surface area contributed by atoms with Crippen molar-refractivity contribution >= 4 is 50.7 Å². The van der Waals surface area contributed by atoms with Gasteiger partial charge in [-0.2, -0.15) is 0 Å². The molecule has 0 radical (unpaired) electrons. The Morgan fingerprint density at radius 1 is 0.974 bits per heavy atom. The molecule has 0 heterocycles. The van der Waals surface area contributed by atoms with E-state index in [1.807, 2.05) is 0 Å². The first-order valence-corrected chi connectivity index (χ1v) is 14.0. The van der Waals surface area contributed by atoms with Crippen LogP contribution in [0.25, 0.3) is 0 Å². The number of hydrogen-bond acceptors (Lipinski definition) is 5. The largest absolute Gasteiger partial charge is 0.497 e. The smallest absolute Gasteiger partial charge is 0.264 e. The van der Waals surface area contributed by atoms with Crippen LogP contribution in [0.2, 0.25) is 10.0 Å². The van der Waals surface area contributed by atoms with E-state index in [1.165, 1.54) is 36.3 Å². The second-order valence-electron chi connectivity index (χ2n) is 8.36. The van der Waals surface area contributed by atoms with Crippen LogP contribution in [0.3, 0.4) is 0 Å². The molecular weight excluding hydrogens is 549 g/mol. The molecule has 0 saturated heterocycles. The van der Waals surface area contributed by atoms with E-state index < -0.39 is 28.5 Å². The van der Waals surface area contributed by atoms with Gasteiger partial charge in [0, 0.05) is 13.1 Å². The fraction of sp³-hybridized carbons (Fsp3) is 0.259. The summed E-state index contributed by atoms with van der Waals surface area (Å²) in [4.78, 5) is 27.8. The molecular formula is C27H29Cl2N3O5S. The van der Waals surface area contributed by atoms with E-state index in [0.29, 0.717) is 33.6 Å². The van der Waals surface area contributed by atoms with Crippen LogP contribution in [0, 0.1) is 0 Å². The number of rotatable bonds is 11. The Morgan fingerprint density at radius 3 is 2.21 bits per heavy atom. The molecule has 0 bridgehead atoms. The minimum absolute atomic E-state index is 0.0113. The lowest BCUT2D eigenvalue weighted by atomic mass is 10.1. The Bertz CT molecular complexity index is 1370. The van der Waals surface area contributed by atoms with Gasteiger partial charge in [0.2, 0.25) is 11.8 Å². The van der Waals surface area contributed by atoms with Gasteiger partial charge in [-0.05, 0) is 67.9 Å². The highest BCUT2D eigenvalue weighted by molar-refractivity contribution is 7.92. The predicted octanol–water partition coefficient (Wildman–Crippen LogP) is 4.75. The molecule has 3 aromatic carbocycles. The first kappa shape index (κ1) is 29.3. The van der Waals surface area contributed by atoms with E-state index in [4.69, 9.17) is 27.9 Å². The summed E-state index contributed by atoms with van der Waals surface area (Å²) in [6.07, 6.45) is 0. The zero-order valence-corrected chi connectivity index (χ0v) is 23.6. The maximum absolute atomic E-state index is 13.8. The van der Waals surface area contributed by atoms with E-state index >= 15 is 0 Å². The maximum Gasteiger partial charge on any atom is 0.264 e. The first-order valence-electron chi connectivity index (χ1n) is 11.8. The molecule has 0 aliphatic carbocycles. The van der Waals surface area contributed by atoms with Gasteiger partial charge in [0.1, 0.15) is 18.3 Å². The third-order valence-electron chi connectivity index (χ3n) is 5.83. The topological polar surface area (TPSA) is 96.0 Å². The molecule has 0 aliphatic rings. The number of methoxy groups -OCH3 is 1. The average molecular weight is 579 g/mol. The molecule has 0 aromatic heterocycles. The number of ether oxygens (including phenoxy) is 1. The summed E-state index contributed by atoms with van der Waals surface area (Å²) in [7, 11) is -2.67. The van der Waals surface area contributed by atoms with E-state index in [1.54, 1.807) is 62.4 Å². The third kappa shape index (κ3) is 6.98. The average Bonchev–Trinajstić information content (AvgIpc) is 2.92. The molecule has 0 fully saturated rings. The van der Waals surface area contributed by atoms with Crippen molar-refractivity contribution in [1.82, 2.24) is 10.2 Å². The van der Waals surface area contributed by atoms with Crippen LogP contribution in [0.4, 0.5) is 5.69 Å². The Kier molecular flexibility index (Phi) is 10.0. The summed E-state index contributed by atoms with van der Waals surface area (Å²) in [6.45, 7) is 3.21. The number of benzene rings is 3.